The number of hydrogen-bond donors (Lipinski definition) is 0. The van der Waals surface area contributed by atoms with Gasteiger partial charge in [0, 0.05) is 62.5 Å². The van der Waals surface area contributed by atoms with Crippen LogP contribution in [0.15, 0.2) is 48.7 Å². The van der Waals surface area contributed by atoms with E-state index in [4.69, 9.17) is 4.98 Å². The van der Waals surface area contributed by atoms with E-state index in [1.165, 1.54) is 5.56 Å². The van der Waals surface area contributed by atoms with Gasteiger partial charge >= 0.3 is 0 Å². The van der Waals surface area contributed by atoms with Crippen LogP contribution >= 0.6 is 0 Å². The third-order valence-electron chi connectivity index (χ3n) is 7.49. The fourth-order valence-electron chi connectivity index (χ4n) is 5.66. The van der Waals surface area contributed by atoms with Crippen molar-refractivity contribution in [2.45, 2.75) is 39.7 Å². The number of fused-ring (bicyclic) bond motifs is 4. The van der Waals surface area contributed by atoms with Crippen molar-refractivity contribution in [3.8, 4) is 12.1 Å². The van der Waals surface area contributed by atoms with E-state index in [1.54, 1.807) is 0 Å². The topological polar surface area (TPSA) is 84.2 Å². The molecule has 6 rings (SSSR count). The quantitative estimate of drug-likeness (QED) is 0.422. The van der Waals surface area contributed by atoms with E-state index >= 15 is 0 Å². The van der Waals surface area contributed by atoms with E-state index in [2.05, 4.69) is 43.5 Å². The number of benzene rings is 1. The van der Waals surface area contributed by atoms with Crippen molar-refractivity contribution in [1.29, 1.82) is 10.5 Å². The van der Waals surface area contributed by atoms with Crippen molar-refractivity contribution < 1.29 is 0 Å². The lowest BCUT2D eigenvalue weighted by Crippen LogP contribution is -2.39. The molecule has 1 fully saturated rings. The zero-order valence-corrected chi connectivity index (χ0v) is 19.7. The van der Waals surface area contributed by atoms with Crippen LogP contribution in [0.25, 0.3) is 16.7 Å². The van der Waals surface area contributed by atoms with Gasteiger partial charge < -0.3 is 4.90 Å². The molecule has 1 saturated heterocycles. The molecular weight excluding hydrogens is 446 g/mol. The fourth-order valence-corrected chi connectivity index (χ4v) is 5.66. The molecule has 3 aromatic heterocycles. The lowest BCUT2D eigenvalue weighted by atomic mass is 9.93. The van der Waals surface area contributed by atoms with E-state index in [9.17, 15) is 10.5 Å². The summed E-state index contributed by atoms with van der Waals surface area (Å²) in [5.41, 5.74) is 6.88. The van der Waals surface area contributed by atoms with Gasteiger partial charge in [0.1, 0.15) is 11.9 Å². The number of aromatic nitrogens is 3. The van der Waals surface area contributed by atoms with Crippen molar-refractivity contribution in [3.05, 3.63) is 71.0 Å². The Morgan fingerprint density at radius 1 is 0.972 bits per heavy atom. The predicted molar refractivity (Wildman–Crippen MR) is 142 cm³/mol. The van der Waals surface area contributed by atoms with Gasteiger partial charge in [0.05, 0.1) is 22.7 Å². The smallest absolute Gasteiger partial charge is 0.157 e. The van der Waals surface area contributed by atoms with Crippen molar-refractivity contribution in [3.63, 3.8) is 0 Å². The molecule has 0 amide bonds. The molecule has 0 saturated carbocycles. The van der Waals surface area contributed by atoms with E-state index < -0.39 is 0 Å². The van der Waals surface area contributed by atoms with Crippen LogP contribution in [0.3, 0.4) is 0 Å². The highest BCUT2D eigenvalue weighted by atomic mass is 15.3. The van der Waals surface area contributed by atoms with E-state index in [0.29, 0.717) is 5.56 Å². The van der Waals surface area contributed by atoms with Crippen LogP contribution in [0.4, 0.5) is 5.82 Å². The monoisotopic (exact) mass is 477 g/mol. The minimum Gasteiger partial charge on any atom is -0.357 e. The van der Waals surface area contributed by atoms with Crippen LogP contribution in [0.1, 0.15) is 42.7 Å². The third-order valence-corrected chi connectivity index (χ3v) is 7.49. The van der Waals surface area contributed by atoms with Crippen LogP contribution in [-0.2, 0) is 19.4 Å². The molecule has 0 unspecified atom stereocenters. The first kappa shape index (κ1) is 23.8. The summed E-state index contributed by atoms with van der Waals surface area (Å²) in [5.74, 6) is 1.27. The second-order valence-electron chi connectivity index (χ2n) is 9.51. The Kier molecular flexibility index (Phi) is 6.59. The molecule has 0 atom stereocenters. The number of para-hydroxylation sites is 2. The highest BCUT2D eigenvalue weighted by Crippen LogP contribution is 2.38. The maximum atomic E-state index is 10.2. The number of hydrogen-bond acceptors (Lipinski definition) is 6. The molecule has 0 spiro atoms. The van der Waals surface area contributed by atoms with Gasteiger partial charge in [-0.05, 0) is 49.1 Å². The molecule has 7 heteroatoms. The largest absolute Gasteiger partial charge is 0.357 e. The summed E-state index contributed by atoms with van der Waals surface area (Å²) in [7, 11) is 0. The zero-order valence-electron chi connectivity index (χ0n) is 19.7. The Morgan fingerprint density at radius 2 is 1.78 bits per heavy atom. The van der Waals surface area contributed by atoms with E-state index in [-0.39, 0.29) is 13.3 Å². The van der Waals surface area contributed by atoms with Gasteiger partial charge in [-0.3, -0.25) is 14.3 Å². The Hall–Kier alpha value is -3.94. The van der Waals surface area contributed by atoms with Crippen LogP contribution in [-0.4, -0.2) is 45.4 Å². The highest BCUT2D eigenvalue weighted by molar-refractivity contribution is 5.86. The van der Waals surface area contributed by atoms with Crippen molar-refractivity contribution in [2.75, 3.05) is 31.1 Å². The Balaban J connectivity index is 0.00000267. The molecule has 2 aliphatic rings. The maximum Gasteiger partial charge on any atom is 0.157 e. The van der Waals surface area contributed by atoms with Gasteiger partial charge in [0.2, 0.25) is 0 Å². The summed E-state index contributed by atoms with van der Waals surface area (Å²) in [6.45, 7) is 4.32. The Labute approximate surface area is 212 Å². The summed E-state index contributed by atoms with van der Waals surface area (Å²) < 4.78 is 2.21. The lowest BCUT2D eigenvalue weighted by molar-refractivity contribution is 0.256. The van der Waals surface area contributed by atoms with Crippen LogP contribution in [0, 0.1) is 28.6 Å². The molecule has 5 heterocycles. The number of imidazole rings is 1. The normalized spacial score (nSPS) is 16.3. The minimum absolute atomic E-state index is 0. The molecule has 0 radical (unpaired) electrons. The molecule has 4 aromatic rings. The number of nitriles is 2. The second-order valence-corrected chi connectivity index (χ2v) is 9.51. The zero-order chi connectivity index (χ0) is 23.8. The van der Waals surface area contributed by atoms with Crippen LogP contribution < -0.4 is 4.90 Å². The SMILES string of the molecule is C.N#Cc1c2c(c(N3CCC(C#N)CC3)n3c1nc1ccccc13)CN(CCc1ccccn1)CC2. The van der Waals surface area contributed by atoms with Gasteiger partial charge in [0.25, 0.3) is 0 Å². The van der Waals surface area contributed by atoms with Crippen LogP contribution in [0.2, 0.25) is 0 Å². The number of pyridine rings is 2. The average molecular weight is 478 g/mol. The summed E-state index contributed by atoms with van der Waals surface area (Å²) in [6.07, 6.45) is 5.32. The molecule has 36 heavy (non-hydrogen) atoms. The molecule has 1 aromatic carbocycles. The number of rotatable bonds is 4. The molecule has 0 N–H and O–H groups in total. The highest BCUT2D eigenvalue weighted by Gasteiger charge is 2.31. The Bertz CT molecular complexity index is 1470. The standard InChI is InChI=1S/C28H27N7.CH4/c29-17-20-8-15-34(16-9-20)28-24-19-33(13-10-21-5-3-4-12-31-21)14-11-22(24)23(18-30)27-32-25-6-1-2-7-26(25)35(27)28;/h1-7,12,20H,8-11,13-16,19H2;1H4. The average Bonchev–Trinajstić information content (AvgIpc) is 3.30. The van der Waals surface area contributed by atoms with Crippen molar-refractivity contribution in [1.82, 2.24) is 19.3 Å². The lowest BCUT2D eigenvalue weighted by Gasteiger charge is -2.37. The molecule has 182 valence electrons. The fraction of sp³-hybridized carbons (Fsp3) is 0.379. The number of nitrogens with zero attached hydrogens (tertiary/aromatic N) is 7. The van der Waals surface area contributed by atoms with Crippen molar-refractivity contribution >= 4 is 22.5 Å². The Morgan fingerprint density at radius 3 is 2.53 bits per heavy atom. The van der Waals surface area contributed by atoms with Gasteiger partial charge in [0.15, 0.2) is 5.65 Å². The molecule has 0 aliphatic carbocycles. The van der Waals surface area contributed by atoms with Gasteiger partial charge in [-0.25, -0.2) is 4.98 Å². The molecule has 2 aliphatic heterocycles. The minimum atomic E-state index is 0. The summed E-state index contributed by atoms with van der Waals surface area (Å²) in [4.78, 5) is 14.3. The molecule has 7 nitrogen and oxygen atoms in total. The molecule has 0 bridgehead atoms. The van der Waals surface area contributed by atoms with Crippen LogP contribution in [0.5, 0.6) is 0 Å². The number of anilines is 1. The van der Waals surface area contributed by atoms with Gasteiger partial charge in [-0.1, -0.05) is 25.6 Å². The first-order valence-electron chi connectivity index (χ1n) is 12.4. The molecular formula is C29H31N7. The first-order chi connectivity index (χ1) is 17.3. The second kappa shape index (κ2) is 9.97. The van der Waals surface area contributed by atoms with Gasteiger partial charge in [-0.15, -0.1) is 0 Å². The summed E-state index contributed by atoms with van der Waals surface area (Å²) in [6, 6.07) is 19.2. The van der Waals surface area contributed by atoms with E-state index in [1.807, 2.05) is 36.5 Å². The summed E-state index contributed by atoms with van der Waals surface area (Å²) in [5, 5.41) is 19.7. The predicted octanol–water partition coefficient (Wildman–Crippen LogP) is 4.73. The number of piperidine rings is 1. The first-order valence-corrected chi connectivity index (χ1v) is 12.4. The van der Waals surface area contributed by atoms with E-state index in [0.717, 1.165) is 92.2 Å². The summed E-state index contributed by atoms with van der Waals surface area (Å²) >= 11 is 0. The van der Waals surface area contributed by atoms with Crippen molar-refractivity contribution in [2.24, 2.45) is 5.92 Å². The third kappa shape index (κ3) is 4.06. The van der Waals surface area contributed by atoms with Gasteiger partial charge in [-0.2, -0.15) is 10.5 Å². The maximum absolute atomic E-state index is 10.2.